The van der Waals surface area contributed by atoms with Crippen LogP contribution in [-0.4, -0.2) is 37.8 Å². The lowest BCUT2D eigenvalue weighted by molar-refractivity contribution is 0.399. The summed E-state index contributed by atoms with van der Waals surface area (Å²) in [6, 6.07) is 6.55. The van der Waals surface area contributed by atoms with Crippen molar-refractivity contribution in [3.05, 3.63) is 46.8 Å². The van der Waals surface area contributed by atoms with Gasteiger partial charge in [-0.3, -0.25) is 4.98 Å². The van der Waals surface area contributed by atoms with Gasteiger partial charge in [0.15, 0.2) is 5.65 Å². The summed E-state index contributed by atoms with van der Waals surface area (Å²) in [5.41, 5.74) is 1.94. The van der Waals surface area contributed by atoms with E-state index in [0.29, 0.717) is 12.6 Å². The third kappa shape index (κ3) is 6.40. The largest absolute Gasteiger partial charge is 0.400 e. The highest BCUT2D eigenvalue weighted by molar-refractivity contribution is 9.10. The highest BCUT2D eigenvalue weighted by Crippen LogP contribution is 2.25. The molecule has 0 saturated heterocycles. The zero-order chi connectivity index (χ0) is 21.1. The van der Waals surface area contributed by atoms with Crippen molar-refractivity contribution in [3.8, 4) is 0 Å². The molecule has 1 aliphatic carbocycles. The van der Waals surface area contributed by atoms with Crippen molar-refractivity contribution in [1.82, 2.24) is 19.6 Å². The van der Waals surface area contributed by atoms with Gasteiger partial charge in [-0.05, 0) is 40.4 Å². The third-order valence-corrected chi connectivity index (χ3v) is 5.14. The molecule has 3 aromatic rings. The van der Waals surface area contributed by atoms with Crippen LogP contribution in [0.3, 0.4) is 0 Å². The summed E-state index contributed by atoms with van der Waals surface area (Å²) in [6.45, 7) is 4.69. The van der Waals surface area contributed by atoms with Crippen molar-refractivity contribution in [1.29, 1.82) is 0 Å². The molecule has 0 unspecified atom stereocenters. The molecule has 0 atom stereocenters. The van der Waals surface area contributed by atoms with E-state index < -0.39 is 0 Å². The van der Waals surface area contributed by atoms with Gasteiger partial charge >= 0.3 is 0 Å². The number of pyridine rings is 1. The van der Waals surface area contributed by atoms with Gasteiger partial charge in [0.1, 0.15) is 11.6 Å². The number of hydrogen-bond donors (Lipinski definition) is 3. The number of anilines is 2. The summed E-state index contributed by atoms with van der Waals surface area (Å²) < 4.78 is 2.72. The van der Waals surface area contributed by atoms with E-state index in [9.17, 15) is 0 Å². The van der Waals surface area contributed by atoms with Gasteiger partial charge in [-0.15, -0.1) is 0 Å². The SMILES string of the molecule is Brc1cnn2c(NCc3cccnc3)cc(NC3CCCCC3)nc12.CC.CO. The lowest BCUT2D eigenvalue weighted by atomic mass is 9.95. The summed E-state index contributed by atoms with van der Waals surface area (Å²) in [5.74, 6) is 1.81. The van der Waals surface area contributed by atoms with Gasteiger partial charge in [0, 0.05) is 38.2 Å². The topological polar surface area (TPSA) is 87.4 Å². The van der Waals surface area contributed by atoms with Crippen LogP contribution in [-0.2, 0) is 6.54 Å². The Kier molecular flexibility index (Phi) is 9.87. The first-order chi connectivity index (χ1) is 14.3. The smallest absolute Gasteiger partial charge is 0.173 e. The Morgan fingerprint density at radius 1 is 1.17 bits per heavy atom. The molecule has 0 bridgehead atoms. The van der Waals surface area contributed by atoms with E-state index >= 15 is 0 Å². The molecule has 158 valence electrons. The zero-order valence-corrected chi connectivity index (χ0v) is 19.0. The molecular formula is C21H31BrN6O. The minimum atomic E-state index is 0.511. The van der Waals surface area contributed by atoms with Crippen LogP contribution < -0.4 is 10.6 Å². The fourth-order valence-electron chi connectivity index (χ4n) is 3.29. The van der Waals surface area contributed by atoms with E-state index in [4.69, 9.17) is 10.1 Å². The molecule has 1 fully saturated rings. The van der Waals surface area contributed by atoms with Crippen molar-refractivity contribution < 1.29 is 5.11 Å². The van der Waals surface area contributed by atoms with Gasteiger partial charge in [0.2, 0.25) is 0 Å². The molecule has 3 heterocycles. The molecule has 0 radical (unpaired) electrons. The van der Waals surface area contributed by atoms with Crippen molar-refractivity contribution in [2.45, 2.75) is 58.5 Å². The van der Waals surface area contributed by atoms with Crippen molar-refractivity contribution >= 4 is 33.2 Å². The quantitative estimate of drug-likeness (QED) is 0.500. The molecule has 7 nitrogen and oxygen atoms in total. The summed E-state index contributed by atoms with van der Waals surface area (Å²) in [7, 11) is 1.00. The zero-order valence-electron chi connectivity index (χ0n) is 17.4. The third-order valence-electron chi connectivity index (χ3n) is 4.58. The minimum Gasteiger partial charge on any atom is -0.400 e. The van der Waals surface area contributed by atoms with Crippen molar-refractivity contribution in [2.24, 2.45) is 0 Å². The second kappa shape index (κ2) is 12.4. The minimum absolute atomic E-state index is 0.511. The molecular weight excluding hydrogens is 432 g/mol. The predicted molar refractivity (Wildman–Crippen MR) is 122 cm³/mol. The Bertz CT molecular complexity index is 849. The van der Waals surface area contributed by atoms with E-state index in [1.807, 2.05) is 36.7 Å². The molecule has 1 saturated carbocycles. The van der Waals surface area contributed by atoms with Crippen LogP contribution in [0.4, 0.5) is 11.6 Å². The van der Waals surface area contributed by atoms with E-state index in [2.05, 4.69) is 42.7 Å². The predicted octanol–water partition coefficient (Wildman–Crippen LogP) is 4.88. The van der Waals surface area contributed by atoms with Crippen LogP contribution in [0.5, 0.6) is 0 Å². The fourth-order valence-corrected chi connectivity index (χ4v) is 3.64. The van der Waals surface area contributed by atoms with Gasteiger partial charge in [0.25, 0.3) is 0 Å². The first kappa shape index (κ1) is 23.1. The maximum absolute atomic E-state index is 7.00. The lowest BCUT2D eigenvalue weighted by Gasteiger charge is -2.23. The van der Waals surface area contributed by atoms with Crippen LogP contribution in [0.2, 0.25) is 0 Å². The summed E-state index contributed by atoms with van der Waals surface area (Å²) in [4.78, 5) is 8.90. The standard InChI is InChI=1S/C18H21BrN6.C2H6.CH4O/c19-15-12-22-25-17(21-11-13-5-4-8-20-10-13)9-16(24-18(15)25)23-14-6-2-1-3-7-14;2*1-2/h4-5,8-10,12,14,21H,1-3,6-7,11H2,(H,23,24);1-2H3;2H,1H3. The fraction of sp³-hybridized carbons (Fsp3) is 0.476. The van der Waals surface area contributed by atoms with Crippen LogP contribution >= 0.6 is 15.9 Å². The molecule has 3 N–H and O–H groups in total. The number of halogens is 1. The number of nitrogens with one attached hydrogen (secondary N) is 2. The first-order valence-electron chi connectivity index (χ1n) is 10.2. The van der Waals surface area contributed by atoms with Crippen molar-refractivity contribution in [3.63, 3.8) is 0 Å². The Morgan fingerprint density at radius 3 is 2.62 bits per heavy atom. The van der Waals surface area contributed by atoms with Gasteiger partial charge in [0.05, 0.1) is 10.7 Å². The van der Waals surface area contributed by atoms with Crippen molar-refractivity contribution in [2.75, 3.05) is 17.7 Å². The Morgan fingerprint density at radius 2 is 1.93 bits per heavy atom. The van der Waals surface area contributed by atoms with Crippen LogP contribution in [0, 0.1) is 0 Å². The van der Waals surface area contributed by atoms with E-state index in [1.165, 1.54) is 32.1 Å². The second-order valence-corrected chi connectivity index (χ2v) is 7.30. The molecule has 3 aromatic heterocycles. The molecule has 0 spiro atoms. The summed E-state index contributed by atoms with van der Waals surface area (Å²) >= 11 is 3.55. The highest BCUT2D eigenvalue weighted by atomic mass is 79.9. The maximum Gasteiger partial charge on any atom is 0.173 e. The van der Waals surface area contributed by atoms with E-state index in [0.717, 1.165) is 34.4 Å². The average molecular weight is 463 g/mol. The highest BCUT2D eigenvalue weighted by Gasteiger charge is 2.16. The van der Waals surface area contributed by atoms with Gasteiger partial charge < -0.3 is 15.7 Å². The molecule has 8 heteroatoms. The molecule has 0 amide bonds. The number of aliphatic hydroxyl groups is 1. The van der Waals surface area contributed by atoms with E-state index in [-0.39, 0.29) is 0 Å². The summed E-state index contributed by atoms with van der Waals surface area (Å²) in [6.07, 6.45) is 11.8. The molecule has 4 rings (SSSR count). The summed E-state index contributed by atoms with van der Waals surface area (Å²) in [5, 5.41) is 18.5. The molecule has 0 aliphatic heterocycles. The maximum atomic E-state index is 7.00. The number of nitrogens with zero attached hydrogens (tertiary/aromatic N) is 4. The van der Waals surface area contributed by atoms with E-state index in [1.54, 1.807) is 12.4 Å². The molecule has 29 heavy (non-hydrogen) atoms. The van der Waals surface area contributed by atoms with Crippen LogP contribution in [0.25, 0.3) is 5.65 Å². The second-order valence-electron chi connectivity index (χ2n) is 6.45. The average Bonchev–Trinajstić information content (AvgIpc) is 3.17. The van der Waals surface area contributed by atoms with Crippen LogP contribution in [0.15, 0.2) is 41.3 Å². The molecule has 0 aromatic carbocycles. The number of aliphatic hydroxyl groups excluding tert-OH is 1. The van der Waals surface area contributed by atoms with Gasteiger partial charge in [-0.1, -0.05) is 39.2 Å². The lowest BCUT2D eigenvalue weighted by Crippen LogP contribution is -2.23. The Labute approximate surface area is 181 Å². The number of rotatable bonds is 5. The molecule has 1 aliphatic rings. The first-order valence-corrected chi connectivity index (χ1v) is 11.0. The Hall–Kier alpha value is -2.19. The number of hydrogen-bond acceptors (Lipinski definition) is 6. The number of aromatic nitrogens is 4. The van der Waals surface area contributed by atoms with Crippen LogP contribution in [0.1, 0.15) is 51.5 Å². The van der Waals surface area contributed by atoms with Gasteiger partial charge in [-0.2, -0.15) is 9.61 Å². The monoisotopic (exact) mass is 462 g/mol. The Balaban J connectivity index is 0.000000707. The number of fused-ring (bicyclic) bond motifs is 1. The normalized spacial score (nSPS) is 13.7. The van der Waals surface area contributed by atoms with Gasteiger partial charge in [-0.25, -0.2) is 4.98 Å².